The molecule has 0 aromatic carbocycles. The largest absolute Gasteiger partial charge is 0.462 e. The zero-order chi connectivity index (χ0) is 36.4. The Morgan fingerprint density at radius 1 is 0.480 bits per heavy atom. The van der Waals surface area contributed by atoms with E-state index < -0.39 is 6.10 Å². The number of aliphatic hydroxyl groups excluding tert-OH is 1. The fourth-order valence-electron chi connectivity index (χ4n) is 5.16. The second kappa shape index (κ2) is 40.5. The molecule has 0 spiro atoms. The Balaban J connectivity index is 3.71. The first kappa shape index (κ1) is 47.1. The number of carbonyl (C=O) groups excluding carboxylic acids is 2. The Morgan fingerprint density at radius 3 is 1.38 bits per heavy atom. The van der Waals surface area contributed by atoms with Crippen LogP contribution in [0.2, 0.25) is 0 Å². The van der Waals surface area contributed by atoms with Gasteiger partial charge in [-0.3, -0.25) is 9.59 Å². The predicted octanol–water partition coefficient (Wildman–Crippen LogP) is 12.7. The highest BCUT2D eigenvalue weighted by Crippen LogP contribution is 2.12. The van der Waals surface area contributed by atoms with E-state index in [0.717, 1.165) is 57.8 Å². The summed E-state index contributed by atoms with van der Waals surface area (Å²) in [5, 5.41) is 9.55. The molecule has 0 aliphatic carbocycles. The average molecular weight is 695 g/mol. The predicted molar refractivity (Wildman–Crippen MR) is 214 cm³/mol. The lowest BCUT2D eigenvalue weighted by atomic mass is 10.1. The highest BCUT2D eigenvalue weighted by atomic mass is 16.6. The molecule has 5 heteroatoms. The number of rotatable bonds is 35. The fraction of sp³-hybridized carbons (Fsp3) is 0.644. The first-order chi connectivity index (χ1) is 24.6. The number of allylic oxidation sites excluding steroid dienone is 14. The van der Waals surface area contributed by atoms with Crippen molar-refractivity contribution in [2.45, 2.75) is 174 Å². The molecule has 0 heterocycles. The quantitative estimate of drug-likeness (QED) is 0.0406. The van der Waals surface area contributed by atoms with Gasteiger partial charge in [-0.05, 0) is 77.0 Å². The highest BCUT2D eigenvalue weighted by molar-refractivity contribution is 5.70. The minimum Gasteiger partial charge on any atom is -0.462 e. The summed E-state index contributed by atoms with van der Waals surface area (Å²) in [7, 11) is 0. The van der Waals surface area contributed by atoms with Gasteiger partial charge in [0.1, 0.15) is 6.61 Å². The van der Waals surface area contributed by atoms with Crippen LogP contribution in [0.1, 0.15) is 168 Å². The molecule has 50 heavy (non-hydrogen) atoms. The molecule has 0 fully saturated rings. The number of unbranched alkanes of at least 4 members (excludes halogenated alkanes) is 13. The van der Waals surface area contributed by atoms with Crippen molar-refractivity contribution in [3.05, 3.63) is 85.1 Å². The van der Waals surface area contributed by atoms with Crippen LogP contribution in [0.4, 0.5) is 0 Å². The summed E-state index contributed by atoms with van der Waals surface area (Å²) in [6.45, 7) is 3.94. The molecule has 0 aromatic heterocycles. The van der Waals surface area contributed by atoms with Gasteiger partial charge in [0.25, 0.3) is 0 Å². The van der Waals surface area contributed by atoms with Crippen molar-refractivity contribution >= 4 is 11.9 Å². The molecule has 5 nitrogen and oxygen atoms in total. The summed E-state index contributed by atoms with van der Waals surface area (Å²) >= 11 is 0. The summed E-state index contributed by atoms with van der Waals surface area (Å²) in [5.74, 6) is -0.700. The summed E-state index contributed by atoms with van der Waals surface area (Å²) in [6, 6.07) is 0. The monoisotopic (exact) mass is 695 g/mol. The van der Waals surface area contributed by atoms with Crippen molar-refractivity contribution in [3.63, 3.8) is 0 Å². The Kier molecular flexibility index (Phi) is 38.1. The Hall–Kier alpha value is -2.92. The van der Waals surface area contributed by atoms with Gasteiger partial charge in [-0.2, -0.15) is 0 Å². The van der Waals surface area contributed by atoms with E-state index >= 15 is 0 Å². The third-order valence-corrected chi connectivity index (χ3v) is 8.19. The van der Waals surface area contributed by atoms with Gasteiger partial charge >= 0.3 is 11.9 Å². The molecule has 0 saturated heterocycles. The van der Waals surface area contributed by atoms with Crippen LogP contribution in [0.25, 0.3) is 0 Å². The number of carbonyl (C=O) groups is 2. The van der Waals surface area contributed by atoms with E-state index in [1.807, 2.05) is 12.2 Å². The molecule has 1 N–H and O–H groups in total. The maximum Gasteiger partial charge on any atom is 0.306 e. The number of hydrogen-bond donors (Lipinski definition) is 1. The fourth-order valence-corrected chi connectivity index (χ4v) is 5.16. The zero-order valence-electron chi connectivity index (χ0n) is 32.1. The summed E-state index contributed by atoms with van der Waals surface area (Å²) in [6.07, 6.45) is 55.1. The Bertz CT molecular complexity index is 968. The molecule has 0 unspecified atom stereocenters. The first-order valence-electron chi connectivity index (χ1n) is 20.1. The van der Waals surface area contributed by atoms with Gasteiger partial charge in [0.05, 0.1) is 6.61 Å². The number of ether oxygens (including phenoxy) is 2. The molecule has 0 aromatic rings. The molecule has 0 aliphatic heterocycles. The third-order valence-electron chi connectivity index (χ3n) is 8.19. The Morgan fingerprint density at radius 2 is 0.900 bits per heavy atom. The summed E-state index contributed by atoms with van der Waals surface area (Å²) < 4.78 is 10.5. The number of esters is 2. The van der Waals surface area contributed by atoms with Crippen LogP contribution in [0.5, 0.6) is 0 Å². The van der Waals surface area contributed by atoms with Gasteiger partial charge in [-0.25, -0.2) is 0 Å². The molecule has 284 valence electrons. The van der Waals surface area contributed by atoms with E-state index in [0.29, 0.717) is 12.8 Å². The van der Waals surface area contributed by atoms with E-state index in [1.165, 1.54) is 77.0 Å². The smallest absolute Gasteiger partial charge is 0.306 e. The lowest BCUT2D eigenvalue weighted by Gasteiger charge is -2.15. The molecule has 0 amide bonds. The standard InChI is InChI=1S/C45H74O5/c1-3-5-7-9-11-13-15-17-19-21-22-24-25-27-29-31-33-35-37-39-44(47)49-42-43(41-46)50-45(48)40-38-36-34-32-30-28-26-23-20-18-16-14-12-10-8-6-4-2/h5,7,11,13,17-20,22,24,27,29,33,35,43,46H,3-4,6,8-10,12,14-16,21,23,25-26,28,30-32,34,36-42H2,1-2H3/t43-/m0/s1. The van der Waals surface area contributed by atoms with Crippen molar-refractivity contribution < 1.29 is 24.2 Å². The van der Waals surface area contributed by atoms with Gasteiger partial charge in [-0.1, -0.05) is 163 Å². The van der Waals surface area contributed by atoms with Gasteiger partial charge in [0, 0.05) is 12.8 Å². The topological polar surface area (TPSA) is 72.8 Å². The number of aliphatic hydroxyl groups is 1. The van der Waals surface area contributed by atoms with Crippen molar-refractivity contribution in [3.8, 4) is 0 Å². The number of hydrogen-bond acceptors (Lipinski definition) is 5. The van der Waals surface area contributed by atoms with E-state index in [2.05, 4.69) is 86.8 Å². The minimum atomic E-state index is -0.808. The maximum absolute atomic E-state index is 12.2. The zero-order valence-corrected chi connectivity index (χ0v) is 32.1. The molecular weight excluding hydrogens is 620 g/mol. The molecule has 0 bridgehead atoms. The first-order valence-corrected chi connectivity index (χ1v) is 20.1. The van der Waals surface area contributed by atoms with E-state index in [1.54, 1.807) is 0 Å². The molecule has 1 atom stereocenters. The van der Waals surface area contributed by atoms with Gasteiger partial charge in [0.2, 0.25) is 0 Å². The van der Waals surface area contributed by atoms with Crippen LogP contribution in [0.15, 0.2) is 85.1 Å². The van der Waals surface area contributed by atoms with Gasteiger partial charge in [-0.15, -0.1) is 0 Å². The molecule has 0 saturated carbocycles. The average Bonchev–Trinajstić information content (AvgIpc) is 3.12. The van der Waals surface area contributed by atoms with Crippen LogP contribution in [-0.2, 0) is 19.1 Å². The van der Waals surface area contributed by atoms with E-state index in [-0.39, 0.29) is 31.6 Å². The maximum atomic E-state index is 12.2. The van der Waals surface area contributed by atoms with Crippen molar-refractivity contribution in [1.82, 2.24) is 0 Å². The minimum absolute atomic E-state index is 0.112. The van der Waals surface area contributed by atoms with Crippen LogP contribution in [0, 0.1) is 0 Å². The lowest BCUT2D eigenvalue weighted by molar-refractivity contribution is -0.161. The van der Waals surface area contributed by atoms with Crippen LogP contribution in [-0.4, -0.2) is 36.4 Å². The summed E-state index contributed by atoms with van der Waals surface area (Å²) in [5.41, 5.74) is 0. The van der Waals surface area contributed by atoms with Crippen LogP contribution in [0.3, 0.4) is 0 Å². The highest BCUT2D eigenvalue weighted by Gasteiger charge is 2.15. The third kappa shape index (κ3) is 37.9. The van der Waals surface area contributed by atoms with Crippen molar-refractivity contribution in [2.24, 2.45) is 0 Å². The van der Waals surface area contributed by atoms with Crippen molar-refractivity contribution in [1.29, 1.82) is 0 Å². The SMILES string of the molecule is CCC=CCC=CCC=CCC=CCC=CCC=CCCC(=O)OC[C@H](CO)OC(=O)CCCCCCCCCC=CCCCCCCCC. The lowest BCUT2D eigenvalue weighted by Crippen LogP contribution is -2.28. The normalized spacial score (nSPS) is 13.1. The molecule has 0 rings (SSSR count). The Labute approximate surface area is 307 Å². The van der Waals surface area contributed by atoms with E-state index in [9.17, 15) is 14.7 Å². The van der Waals surface area contributed by atoms with Crippen LogP contribution < -0.4 is 0 Å². The van der Waals surface area contributed by atoms with E-state index in [4.69, 9.17) is 9.47 Å². The van der Waals surface area contributed by atoms with Gasteiger partial charge < -0.3 is 14.6 Å². The second-order valence-electron chi connectivity index (χ2n) is 13.0. The van der Waals surface area contributed by atoms with Gasteiger partial charge in [0.15, 0.2) is 6.10 Å². The molecular formula is C45H74O5. The van der Waals surface area contributed by atoms with Crippen molar-refractivity contribution in [2.75, 3.05) is 13.2 Å². The molecule has 0 radical (unpaired) electrons. The molecule has 0 aliphatic rings. The summed E-state index contributed by atoms with van der Waals surface area (Å²) in [4.78, 5) is 24.2. The second-order valence-corrected chi connectivity index (χ2v) is 13.0. The van der Waals surface area contributed by atoms with Crippen LogP contribution >= 0.6 is 0 Å².